The van der Waals surface area contributed by atoms with Crippen molar-refractivity contribution in [1.29, 1.82) is 0 Å². The second-order valence-corrected chi connectivity index (χ2v) is 7.04. The molecule has 1 N–H and O–H groups in total. The molecule has 122 valence electrons. The standard InChI is InChI=1S/C18H17BrN4O/c19-14-8-13(9-20-10-14)18(24)23-7-3-4-12(11-23)17-21-15-5-1-2-6-16(15)22-17/h1-2,5-6,8-10,12H,3-4,7,11H2,(H,21,22)/t12-/m0/s1. The second kappa shape index (κ2) is 6.36. The van der Waals surface area contributed by atoms with Crippen molar-refractivity contribution in [3.05, 3.63) is 58.6 Å². The van der Waals surface area contributed by atoms with Crippen LogP contribution in [0.25, 0.3) is 11.0 Å². The van der Waals surface area contributed by atoms with Gasteiger partial charge < -0.3 is 9.88 Å². The van der Waals surface area contributed by atoms with E-state index in [1.807, 2.05) is 35.2 Å². The molecule has 1 aliphatic rings. The lowest BCUT2D eigenvalue weighted by Crippen LogP contribution is -2.39. The number of fused-ring (bicyclic) bond motifs is 1. The van der Waals surface area contributed by atoms with E-state index in [0.29, 0.717) is 12.1 Å². The highest BCUT2D eigenvalue weighted by atomic mass is 79.9. The topological polar surface area (TPSA) is 61.9 Å². The number of halogens is 1. The Balaban J connectivity index is 1.56. The minimum absolute atomic E-state index is 0.0320. The molecular weight excluding hydrogens is 368 g/mol. The van der Waals surface area contributed by atoms with E-state index in [2.05, 4.69) is 25.9 Å². The van der Waals surface area contributed by atoms with Gasteiger partial charge in [0.1, 0.15) is 5.82 Å². The number of piperidine rings is 1. The van der Waals surface area contributed by atoms with Gasteiger partial charge in [-0.1, -0.05) is 12.1 Å². The molecule has 4 rings (SSSR count). The number of aromatic amines is 1. The SMILES string of the molecule is O=C(c1cncc(Br)c1)N1CCC[C@H](c2nc3ccccc3[nH]2)C1. The fraction of sp³-hybridized carbons (Fsp3) is 0.278. The Hall–Kier alpha value is -2.21. The van der Waals surface area contributed by atoms with E-state index in [1.54, 1.807) is 12.4 Å². The normalized spacial score (nSPS) is 18.0. The van der Waals surface area contributed by atoms with Crippen LogP contribution in [0.15, 0.2) is 47.2 Å². The van der Waals surface area contributed by atoms with Gasteiger partial charge in [0.2, 0.25) is 0 Å². The summed E-state index contributed by atoms with van der Waals surface area (Å²) in [6.07, 6.45) is 5.33. The average molecular weight is 385 g/mol. The van der Waals surface area contributed by atoms with E-state index in [9.17, 15) is 4.79 Å². The first-order valence-corrected chi connectivity index (χ1v) is 8.84. The molecule has 0 spiro atoms. The van der Waals surface area contributed by atoms with Crippen LogP contribution in [-0.4, -0.2) is 38.8 Å². The van der Waals surface area contributed by atoms with E-state index >= 15 is 0 Å². The number of aromatic nitrogens is 3. The number of pyridine rings is 1. The maximum atomic E-state index is 12.7. The molecular formula is C18H17BrN4O. The maximum absolute atomic E-state index is 12.7. The van der Waals surface area contributed by atoms with Crippen molar-refractivity contribution in [3.63, 3.8) is 0 Å². The van der Waals surface area contributed by atoms with Crippen LogP contribution in [0.5, 0.6) is 0 Å². The Morgan fingerprint density at radius 2 is 2.17 bits per heavy atom. The molecule has 0 radical (unpaired) electrons. The van der Waals surface area contributed by atoms with E-state index in [1.165, 1.54) is 0 Å². The molecule has 1 fully saturated rings. The molecule has 1 amide bonds. The van der Waals surface area contributed by atoms with Crippen molar-refractivity contribution >= 4 is 32.9 Å². The number of amides is 1. The highest BCUT2D eigenvalue weighted by Crippen LogP contribution is 2.27. The summed E-state index contributed by atoms with van der Waals surface area (Å²) in [5.41, 5.74) is 2.65. The summed E-state index contributed by atoms with van der Waals surface area (Å²) in [4.78, 5) is 26.8. The Kier molecular flexibility index (Phi) is 4.06. The van der Waals surface area contributed by atoms with Crippen molar-refractivity contribution in [2.45, 2.75) is 18.8 Å². The van der Waals surface area contributed by atoms with E-state index in [-0.39, 0.29) is 11.8 Å². The van der Waals surface area contributed by atoms with Crippen molar-refractivity contribution in [3.8, 4) is 0 Å². The molecule has 0 saturated carbocycles. The minimum atomic E-state index is 0.0320. The third kappa shape index (κ3) is 2.94. The van der Waals surface area contributed by atoms with Gasteiger partial charge >= 0.3 is 0 Å². The molecule has 1 saturated heterocycles. The zero-order valence-electron chi connectivity index (χ0n) is 13.1. The van der Waals surface area contributed by atoms with Crippen LogP contribution in [0, 0.1) is 0 Å². The molecule has 0 unspecified atom stereocenters. The summed E-state index contributed by atoms with van der Waals surface area (Å²) in [6, 6.07) is 9.85. The summed E-state index contributed by atoms with van der Waals surface area (Å²) in [5, 5.41) is 0. The van der Waals surface area contributed by atoms with Gasteiger partial charge in [0.15, 0.2) is 0 Å². The number of H-pyrrole nitrogens is 1. The number of imidazole rings is 1. The summed E-state index contributed by atoms with van der Waals surface area (Å²) in [6.45, 7) is 1.47. The van der Waals surface area contributed by atoms with Crippen molar-refractivity contribution in [2.24, 2.45) is 0 Å². The lowest BCUT2D eigenvalue weighted by atomic mass is 9.97. The first-order valence-electron chi connectivity index (χ1n) is 8.05. The zero-order valence-corrected chi connectivity index (χ0v) is 14.7. The number of likely N-dealkylation sites (tertiary alicyclic amines) is 1. The van der Waals surface area contributed by atoms with Crippen LogP contribution in [0.4, 0.5) is 0 Å². The van der Waals surface area contributed by atoms with Gasteiger partial charge in [-0.05, 0) is 47.0 Å². The van der Waals surface area contributed by atoms with Gasteiger partial charge in [-0.25, -0.2) is 4.98 Å². The number of hydrogen-bond acceptors (Lipinski definition) is 3. The molecule has 24 heavy (non-hydrogen) atoms. The molecule has 1 aromatic carbocycles. The number of carbonyl (C=O) groups excluding carboxylic acids is 1. The number of hydrogen-bond donors (Lipinski definition) is 1. The monoisotopic (exact) mass is 384 g/mol. The van der Waals surface area contributed by atoms with Crippen LogP contribution in [0.1, 0.15) is 34.9 Å². The third-order valence-electron chi connectivity index (χ3n) is 4.45. The molecule has 3 aromatic rings. The first kappa shape index (κ1) is 15.3. The van der Waals surface area contributed by atoms with Crippen molar-refractivity contribution in [2.75, 3.05) is 13.1 Å². The number of para-hydroxylation sites is 2. The highest BCUT2D eigenvalue weighted by molar-refractivity contribution is 9.10. The molecule has 1 atom stereocenters. The highest BCUT2D eigenvalue weighted by Gasteiger charge is 2.27. The Bertz CT molecular complexity index is 858. The predicted molar refractivity (Wildman–Crippen MR) is 95.9 cm³/mol. The first-order chi connectivity index (χ1) is 11.7. The van der Waals surface area contributed by atoms with E-state index in [0.717, 1.165) is 40.7 Å². The predicted octanol–water partition coefficient (Wildman–Crippen LogP) is 3.74. The van der Waals surface area contributed by atoms with E-state index < -0.39 is 0 Å². The van der Waals surface area contributed by atoms with Gasteiger partial charge in [0.05, 0.1) is 16.6 Å². The number of nitrogens with zero attached hydrogens (tertiary/aromatic N) is 3. The Labute approximate surface area is 148 Å². The largest absolute Gasteiger partial charge is 0.342 e. The van der Waals surface area contributed by atoms with Gasteiger partial charge in [0.25, 0.3) is 5.91 Å². The number of benzene rings is 1. The fourth-order valence-corrected chi connectivity index (χ4v) is 3.63. The lowest BCUT2D eigenvalue weighted by Gasteiger charge is -2.31. The summed E-state index contributed by atoms with van der Waals surface area (Å²) in [7, 11) is 0. The minimum Gasteiger partial charge on any atom is -0.342 e. The second-order valence-electron chi connectivity index (χ2n) is 6.12. The summed E-state index contributed by atoms with van der Waals surface area (Å²) >= 11 is 3.37. The van der Waals surface area contributed by atoms with Gasteiger partial charge in [-0.15, -0.1) is 0 Å². The molecule has 5 nitrogen and oxygen atoms in total. The average Bonchev–Trinajstić information content (AvgIpc) is 3.05. The number of rotatable bonds is 2. The van der Waals surface area contributed by atoms with Crippen LogP contribution in [0.3, 0.4) is 0 Å². The third-order valence-corrected chi connectivity index (χ3v) is 4.89. The molecule has 2 aromatic heterocycles. The molecule has 0 aliphatic carbocycles. The quantitative estimate of drug-likeness (QED) is 0.731. The Morgan fingerprint density at radius 1 is 1.29 bits per heavy atom. The molecule has 3 heterocycles. The van der Waals surface area contributed by atoms with Gasteiger partial charge in [0, 0.05) is 35.9 Å². The maximum Gasteiger partial charge on any atom is 0.255 e. The Morgan fingerprint density at radius 3 is 3.00 bits per heavy atom. The summed E-state index contributed by atoms with van der Waals surface area (Å²) in [5.74, 6) is 1.25. The number of nitrogens with one attached hydrogen (secondary N) is 1. The van der Waals surface area contributed by atoms with Gasteiger partial charge in [-0.2, -0.15) is 0 Å². The fourth-order valence-electron chi connectivity index (χ4n) is 3.26. The van der Waals surface area contributed by atoms with Crippen LogP contribution >= 0.6 is 15.9 Å². The van der Waals surface area contributed by atoms with Crippen LogP contribution in [0.2, 0.25) is 0 Å². The molecule has 1 aliphatic heterocycles. The van der Waals surface area contributed by atoms with E-state index in [4.69, 9.17) is 4.98 Å². The van der Waals surface area contributed by atoms with Gasteiger partial charge in [-0.3, -0.25) is 9.78 Å². The van der Waals surface area contributed by atoms with Crippen molar-refractivity contribution in [1.82, 2.24) is 19.9 Å². The zero-order chi connectivity index (χ0) is 16.5. The molecule has 6 heteroatoms. The van der Waals surface area contributed by atoms with Crippen LogP contribution < -0.4 is 0 Å². The molecule has 0 bridgehead atoms. The lowest BCUT2D eigenvalue weighted by molar-refractivity contribution is 0.0704. The van der Waals surface area contributed by atoms with Crippen molar-refractivity contribution < 1.29 is 4.79 Å². The number of carbonyl (C=O) groups is 1. The summed E-state index contributed by atoms with van der Waals surface area (Å²) < 4.78 is 0.819. The smallest absolute Gasteiger partial charge is 0.255 e. The van der Waals surface area contributed by atoms with Crippen LogP contribution in [-0.2, 0) is 0 Å².